The fourth-order valence-electron chi connectivity index (χ4n) is 1.90. The Bertz CT molecular complexity index is 643. The Morgan fingerprint density at radius 1 is 1.30 bits per heavy atom. The van der Waals surface area contributed by atoms with Crippen LogP contribution in [0.15, 0.2) is 36.4 Å². The van der Waals surface area contributed by atoms with E-state index < -0.39 is 0 Å². The first-order valence-electron chi connectivity index (χ1n) is 6.21. The molecule has 2 aromatic rings. The third-order valence-electron chi connectivity index (χ3n) is 2.99. The number of anilines is 2. The summed E-state index contributed by atoms with van der Waals surface area (Å²) in [7, 11) is 3.47. The zero-order chi connectivity index (χ0) is 14.7. The summed E-state index contributed by atoms with van der Waals surface area (Å²) in [5, 5.41) is 3.17. The molecule has 0 aliphatic heterocycles. The lowest BCUT2D eigenvalue weighted by Gasteiger charge is -2.18. The highest BCUT2D eigenvalue weighted by Crippen LogP contribution is 2.20. The van der Waals surface area contributed by atoms with Gasteiger partial charge >= 0.3 is 0 Å². The first kappa shape index (κ1) is 14.3. The number of hydrogen-bond acceptors (Lipinski definition) is 3. The average molecular weight is 290 g/mol. The summed E-state index contributed by atoms with van der Waals surface area (Å²) < 4.78 is 0. The molecule has 20 heavy (non-hydrogen) atoms. The summed E-state index contributed by atoms with van der Waals surface area (Å²) >= 11 is 5.93. The van der Waals surface area contributed by atoms with Gasteiger partial charge in [0.15, 0.2) is 0 Å². The van der Waals surface area contributed by atoms with Gasteiger partial charge in [-0.3, -0.25) is 4.79 Å². The number of nitrogens with zero attached hydrogens (tertiary/aromatic N) is 2. The molecule has 0 unspecified atom stereocenters. The van der Waals surface area contributed by atoms with Gasteiger partial charge in [0.05, 0.1) is 0 Å². The van der Waals surface area contributed by atoms with E-state index in [1.54, 1.807) is 31.1 Å². The topological polar surface area (TPSA) is 45.2 Å². The molecule has 0 radical (unpaired) electrons. The van der Waals surface area contributed by atoms with Crippen molar-refractivity contribution in [2.24, 2.45) is 0 Å². The second-order valence-electron chi connectivity index (χ2n) is 4.52. The monoisotopic (exact) mass is 289 g/mol. The van der Waals surface area contributed by atoms with E-state index in [-0.39, 0.29) is 11.1 Å². The Morgan fingerprint density at radius 3 is 2.70 bits per heavy atom. The number of nitrogens with one attached hydrogen (secondary N) is 1. The van der Waals surface area contributed by atoms with Gasteiger partial charge in [-0.15, -0.1) is 0 Å². The van der Waals surface area contributed by atoms with Crippen molar-refractivity contribution >= 4 is 29.0 Å². The third kappa shape index (κ3) is 3.08. The number of amides is 1. The minimum atomic E-state index is -0.128. The van der Waals surface area contributed by atoms with E-state index in [9.17, 15) is 4.79 Å². The largest absolute Gasteiger partial charge is 0.373 e. The first-order valence-corrected chi connectivity index (χ1v) is 6.59. The molecule has 0 atom stereocenters. The van der Waals surface area contributed by atoms with Crippen molar-refractivity contribution in [2.75, 3.05) is 24.3 Å². The van der Waals surface area contributed by atoms with Crippen LogP contribution in [0.1, 0.15) is 15.9 Å². The van der Waals surface area contributed by atoms with E-state index in [0.717, 1.165) is 11.3 Å². The molecule has 5 heteroatoms. The summed E-state index contributed by atoms with van der Waals surface area (Å²) in [5.74, 6) is 0.440. The van der Waals surface area contributed by atoms with Gasteiger partial charge in [-0.1, -0.05) is 23.7 Å². The molecule has 1 N–H and O–H groups in total. The van der Waals surface area contributed by atoms with Crippen molar-refractivity contribution in [3.63, 3.8) is 0 Å². The van der Waals surface area contributed by atoms with Gasteiger partial charge in [-0.25, -0.2) is 4.98 Å². The molecule has 0 bridgehead atoms. The van der Waals surface area contributed by atoms with Crippen molar-refractivity contribution in [1.29, 1.82) is 0 Å². The number of aryl methyl sites for hydroxylation is 1. The second-order valence-corrected chi connectivity index (χ2v) is 4.90. The maximum absolute atomic E-state index is 12.5. The van der Waals surface area contributed by atoms with Gasteiger partial charge in [0.25, 0.3) is 5.91 Å². The summed E-state index contributed by atoms with van der Waals surface area (Å²) in [5.41, 5.74) is 2.44. The van der Waals surface area contributed by atoms with Crippen LogP contribution in [0.5, 0.6) is 0 Å². The van der Waals surface area contributed by atoms with Crippen LogP contribution in [-0.4, -0.2) is 25.0 Å². The number of halogens is 1. The van der Waals surface area contributed by atoms with Gasteiger partial charge < -0.3 is 10.2 Å². The number of hydrogen-bond donors (Lipinski definition) is 1. The van der Waals surface area contributed by atoms with Crippen LogP contribution in [0.4, 0.5) is 11.5 Å². The predicted molar refractivity (Wildman–Crippen MR) is 82.7 cm³/mol. The number of carbonyl (C=O) groups excluding carboxylic acids is 1. The van der Waals surface area contributed by atoms with Crippen LogP contribution in [0.3, 0.4) is 0 Å². The number of rotatable bonds is 3. The van der Waals surface area contributed by atoms with Crippen LogP contribution < -0.4 is 10.2 Å². The summed E-state index contributed by atoms with van der Waals surface area (Å²) in [6.07, 6.45) is 0. The van der Waals surface area contributed by atoms with Crippen molar-refractivity contribution in [3.8, 4) is 0 Å². The van der Waals surface area contributed by atoms with Crippen LogP contribution in [0, 0.1) is 6.92 Å². The maximum Gasteiger partial charge on any atom is 0.258 e. The van der Waals surface area contributed by atoms with Gasteiger partial charge in [-0.2, -0.15) is 0 Å². The molecule has 0 spiro atoms. The molecule has 0 aliphatic rings. The van der Waals surface area contributed by atoms with Crippen molar-refractivity contribution in [3.05, 3.63) is 52.7 Å². The number of carbonyl (C=O) groups is 1. The lowest BCUT2D eigenvalue weighted by molar-refractivity contribution is 0.0993. The molecule has 0 fully saturated rings. The average Bonchev–Trinajstić information content (AvgIpc) is 2.45. The Hall–Kier alpha value is -2.07. The molecule has 4 nitrogen and oxygen atoms in total. The zero-order valence-electron chi connectivity index (χ0n) is 11.6. The van der Waals surface area contributed by atoms with Gasteiger partial charge in [0.2, 0.25) is 0 Å². The smallest absolute Gasteiger partial charge is 0.258 e. The van der Waals surface area contributed by atoms with Crippen molar-refractivity contribution in [1.82, 2.24) is 4.98 Å². The molecule has 1 amide bonds. The second kappa shape index (κ2) is 5.92. The highest BCUT2D eigenvalue weighted by atomic mass is 35.5. The Morgan fingerprint density at radius 2 is 2.05 bits per heavy atom. The fourth-order valence-corrected chi connectivity index (χ4v) is 2.10. The van der Waals surface area contributed by atoms with E-state index in [1.807, 2.05) is 31.2 Å². The van der Waals surface area contributed by atoms with E-state index in [1.165, 1.54) is 0 Å². The Labute approximate surface area is 123 Å². The molecule has 104 valence electrons. The SMILES string of the molecule is CNc1cc(C(=O)N(C)c2cccc(C)c2)cc(Cl)n1. The fraction of sp³-hybridized carbons (Fsp3) is 0.200. The van der Waals surface area contributed by atoms with Crippen LogP contribution >= 0.6 is 11.6 Å². The highest BCUT2D eigenvalue weighted by Gasteiger charge is 2.15. The molecule has 0 aliphatic carbocycles. The Kier molecular flexibility index (Phi) is 4.25. The zero-order valence-corrected chi connectivity index (χ0v) is 12.4. The molecular weight excluding hydrogens is 274 g/mol. The normalized spacial score (nSPS) is 10.2. The third-order valence-corrected chi connectivity index (χ3v) is 3.18. The summed E-state index contributed by atoms with van der Waals surface area (Å²) in [4.78, 5) is 18.1. The minimum Gasteiger partial charge on any atom is -0.373 e. The lowest BCUT2D eigenvalue weighted by atomic mass is 10.2. The van der Waals surface area contributed by atoms with E-state index >= 15 is 0 Å². The predicted octanol–water partition coefficient (Wildman–Crippen LogP) is 3.36. The number of benzene rings is 1. The van der Waals surface area contributed by atoms with Crippen LogP contribution in [-0.2, 0) is 0 Å². The van der Waals surface area contributed by atoms with Gasteiger partial charge in [0, 0.05) is 25.3 Å². The summed E-state index contributed by atoms with van der Waals surface area (Å²) in [6.45, 7) is 1.99. The van der Waals surface area contributed by atoms with Gasteiger partial charge in [-0.05, 0) is 36.8 Å². The molecule has 0 saturated heterocycles. The van der Waals surface area contributed by atoms with Crippen LogP contribution in [0.2, 0.25) is 5.15 Å². The molecule has 1 aromatic carbocycles. The molecule has 1 heterocycles. The van der Waals surface area contributed by atoms with Crippen LogP contribution in [0.25, 0.3) is 0 Å². The minimum absolute atomic E-state index is 0.128. The van der Waals surface area contributed by atoms with E-state index in [4.69, 9.17) is 11.6 Å². The first-order chi connectivity index (χ1) is 9.51. The molecular formula is C15H16ClN3O. The highest BCUT2D eigenvalue weighted by molar-refractivity contribution is 6.30. The maximum atomic E-state index is 12.5. The quantitative estimate of drug-likeness (QED) is 0.881. The van der Waals surface area contributed by atoms with Crippen molar-refractivity contribution < 1.29 is 4.79 Å². The van der Waals surface area contributed by atoms with E-state index in [0.29, 0.717) is 11.4 Å². The summed E-state index contributed by atoms with van der Waals surface area (Å²) in [6, 6.07) is 11.0. The molecule has 1 aromatic heterocycles. The Balaban J connectivity index is 2.33. The van der Waals surface area contributed by atoms with E-state index in [2.05, 4.69) is 10.3 Å². The van der Waals surface area contributed by atoms with Gasteiger partial charge in [0.1, 0.15) is 11.0 Å². The number of aromatic nitrogens is 1. The lowest BCUT2D eigenvalue weighted by Crippen LogP contribution is -2.26. The number of pyridine rings is 1. The molecule has 0 saturated carbocycles. The molecule has 2 rings (SSSR count). The standard InChI is InChI=1S/C15H16ClN3O/c1-10-5-4-6-12(7-10)19(3)15(20)11-8-13(16)18-14(9-11)17-2/h4-9H,1-3H3,(H,17,18). The van der Waals surface area contributed by atoms with Crippen molar-refractivity contribution in [2.45, 2.75) is 6.92 Å².